The fraction of sp³-hybridized carbons (Fsp3) is 0.318. The molecule has 6 heteroatoms. The number of amides is 2. The Morgan fingerprint density at radius 1 is 0.964 bits per heavy atom. The normalized spacial score (nSPS) is 10.8. The molecule has 0 aliphatic heterocycles. The van der Waals surface area contributed by atoms with Crippen LogP contribution in [-0.2, 0) is 6.54 Å². The first-order chi connectivity index (χ1) is 13.5. The molecule has 0 atom stereocenters. The summed E-state index contributed by atoms with van der Waals surface area (Å²) in [7, 11) is 3.52. The van der Waals surface area contributed by atoms with Gasteiger partial charge in [-0.15, -0.1) is 0 Å². The van der Waals surface area contributed by atoms with E-state index in [2.05, 4.69) is 11.9 Å². The Morgan fingerprint density at radius 2 is 1.68 bits per heavy atom. The molecule has 0 N–H and O–H groups in total. The molecule has 0 bridgehead atoms. The van der Waals surface area contributed by atoms with E-state index in [0.717, 1.165) is 18.4 Å². The third-order valence-corrected chi connectivity index (χ3v) is 4.75. The first-order valence-electron chi connectivity index (χ1n) is 9.54. The molecule has 2 heterocycles. The Hall–Kier alpha value is -3.15. The van der Waals surface area contributed by atoms with Crippen LogP contribution in [-0.4, -0.2) is 51.6 Å². The fourth-order valence-electron chi connectivity index (χ4n) is 3.12. The average Bonchev–Trinajstić information content (AvgIpc) is 3.11. The number of pyridine rings is 1. The lowest BCUT2D eigenvalue weighted by molar-refractivity contribution is 0.0771. The highest BCUT2D eigenvalue weighted by Crippen LogP contribution is 2.17. The van der Waals surface area contributed by atoms with E-state index in [1.165, 1.54) is 0 Å². The van der Waals surface area contributed by atoms with E-state index in [1.54, 1.807) is 34.5 Å². The molecule has 3 aromatic rings. The van der Waals surface area contributed by atoms with Crippen LogP contribution in [0.3, 0.4) is 0 Å². The summed E-state index contributed by atoms with van der Waals surface area (Å²) in [5.74, 6) is -0.136. The number of hydrogen-bond donors (Lipinski definition) is 0. The molecule has 28 heavy (non-hydrogen) atoms. The lowest BCUT2D eigenvalue weighted by atomic mass is 10.2. The number of carbonyl (C=O) groups is 2. The van der Waals surface area contributed by atoms with Gasteiger partial charge in [-0.25, -0.2) is 4.98 Å². The van der Waals surface area contributed by atoms with Crippen molar-refractivity contribution in [2.24, 2.45) is 0 Å². The molecule has 0 spiro atoms. The van der Waals surface area contributed by atoms with Crippen LogP contribution in [0.25, 0.3) is 5.52 Å². The minimum atomic E-state index is -0.222. The Morgan fingerprint density at radius 3 is 2.39 bits per heavy atom. The molecule has 3 rings (SSSR count). The molecule has 1 aromatic carbocycles. The van der Waals surface area contributed by atoms with E-state index in [-0.39, 0.29) is 17.6 Å². The Bertz CT molecular complexity index is 965. The smallest absolute Gasteiger partial charge is 0.290 e. The van der Waals surface area contributed by atoms with Crippen LogP contribution in [0.15, 0.2) is 54.7 Å². The van der Waals surface area contributed by atoms with Crippen LogP contribution in [0, 0.1) is 0 Å². The molecule has 0 saturated carbocycles. The van der Waals surface area contributed by atoms with Gasteiger partial charge < -0.3 is 9.80 Å². The van der Waals surface area contributed by atoms with Gasteiger partial charge in [0.25, 0.3) is 11.8 Å². The summed E-state index contributed by atoms with van der Waals surface area (Å²) >= 11 is 0. The lowest BCUT2D eigenvalue weighted by Gasteiger charge is -2.16. The second-order valence-corrected chi connectivity index (χ2v) is 6.97. The number of rotatable bonds is 7. The monoisotopic (exact) mass is 378 g/mol. The number of hydrogen-bond acceptors (Lipinski definition) is 3. The van der Waals surface area contributed by atoms with Crippen molar-refractivity contribution >= 4 is 17.3 Å². The summed E-state index contributed by atoms with van der Waals surface area (Å²) < 4.78 is 1.70. The maximum absolute atomic E-state index is 13.1. The van der Waals surface area contributed by atoms with Gasteiger partial charge in [-0.1, -0.05) is 49.7 Å². The van der Waals surface area contributed by atoms with Gasteiger partial charge in [-0.2, -0.15) is 0 Å². The third-order valence-electron chi connectivity index (χ3n) is 4.75. The summed E-state index contributed by atoms with van der Waals surface area (Å²) in [6.45, 7) is 3.23. The van der Waals surface area contributed by atoms with Gasteiger partial charge in [0.2, 0.25) is 5.82 Å². The molecule has 0 aliphatic carbocycles. The second kappa shape index (κ2) is 8.69. The van der Waals surface area contributed by atoms with Crippen LogP contribution in [0.5, 0.6) is 0 Å². The summed E-state index contributed by atoms with van der Waals surface area (Å²) in [5, 5.41) is 0. The molecular formula is C22H26N4O2. The standard InChI is InChI=1S/C22H26N4O2/c1-4-5-14-24(2)21(27)19-18-13-9-10-15-26(18)20(23-19)22(28)25(3)16-17-11-7-6-8-12-17/h6-13,15H,4-5,14,16H2,1-3H3. The van der Waals surface area contributed by atoms with Gasteiger partial charge in [-0.05, 0) is 24.1 Å². The van der Waals surface area contributed by atoms with Gasteiger partial charge in [-0.3, -0.25) is 14.0 Å². The van der Waals surface area contributed by atoms with Crippen LogP contribution < -0.4 is 0 Å². The van der Waals surface area contributed by atoms with Crippen LogP contribution >= 0.6 is 0 Å². The number of imidazole rings is 1. The predicted octanol–water partition coefficient (Wildman–Crippen LogP) is 3.48. The molecular weight excluding hydrogens is 352 g/mol. The van der Waals surface area contributed by atoms with Crippen molar-refractivity contribution in [2.75, 3.05) is 20.6 Å². The third kappa shape index (κ3) is 4.06. The fourth-order valence-corrected chi connectivity index (χ4v) is 3.12. The largest absolute Gasteiger partial charge is 0.340 e. The number of benzene rings is 1. The highest BCUT2D eigenvalue weighted by molar-refractivity contribution is 6.02. The van der Waals surface area contributed by atoms with E-state index < -0.39 is 0 Å². The minimum absolute atomic E-state index is 0.165. The number of fused-ring (bicyclic) bond motifs is 1. The molecule has 0 unspecified atom stereocenters. The zero-order chi connectivity index (χ0) is 20.1. The zero-order valence-electron chi connectivity index (χ0n) is 16.6. The minimum Gasteiger partial charge on any atom is -0.340 e. The number of carbonyl (C=O) groups excluding carboxylic acids is 2. The molecule has 2 aromatic heterocycles. The molecule has 0 fully saturated rings. The first kappa shape index (κ1) is 19.6. The van der Waals surface area contributed by atoms with Crippen molar-refractivity contribution < 1.29 is 9.59 Å². The van der Waals surface area contributed by atoms with Gasteiger partial charge in [0.15, 0.2) is 5.69 Å². The van der Waals surface area contributed by atoms with Crippen molar-refractivity contribution in [3.8, 4) is 0 Å². The van der Waals surface area contributed by atoms with E-state index in [9.17, 15) is 9.59 Å². The van der Waals surface area contributed by atoms with E-state index >= 15 is 0 Å². The number of aromatic nitrogens is 2. The summed E-state index contributed by atoms with van der Waals surface area (Å²) in [4.78, 5) is 33.7. The Balaban J connectivity index is 1.91. The maximum atomic E-state index is 13.1. The van der Waals surface area contributed by atoms with Gasteiger partial charge in [0.1, 0.15) is 0 Å². The molecule has 2 amide bonds. The zero-order valence-corrected chi connectivity index (χ0v) is 16.6. The summed E-state index contributed by atoms with van der Waals surface area (Å²) in [5.41, 5.74) is 2.00. The molecule has 0 aliphatic rings. The maximum Gasteiger partial charge on any atom is 0.290 e. The van der Waals surface area contributed by atoms with Crippen molar-refractivity contribution in [3.05, 3.63) is 71.8 Å². The quantitative estimate of drug-likeness (QED) is 0.632. The van der Waals surface area contributed by atoms with E-state index in [0.29, 0.717) is 24.3 Å². The molecule has 0 saturated heterocycles. The van der Waals surface area contributed by atoms with Crippen molar-refractivity contribution in [3.63, 3.8) is 0 Å². The van der Waals surface area contributed by atoms with Gasteiger partial charge >= 0.3 is 0 Å². The van der Waals surface area contributed by atoms with E-state index in [4.69, 9.17) is 0 Å². The van der Waals surface area contributed by atoms with Crippen LogP contribution in [0.4, 0.5) is 0 Å². The Kier molecular flexibility index (Phi) is 6.09. The topological polar surface area (TPSA) is 57.9 Å². The lowest BCUT2D eigenvalue weighted by Crippen LogP contribution is -2.29. The average molecular weight is 378 g/mol. The van der Waals surface area contributed by atoms with E-state index in [1.807, 2.05) is 48.5 Å². The predicted molar refractivity (Wildman–Crippen MR) is 109 cm³/mol. The molecule has 146 valence electrons. The van der Waals surface area contributed by atoms with Crippen molar-refractivity contribution in [2.45, 2.75) is 26.3 Å². The highest BCUT2D eigenvalue weighted by Gasteiger charge is 2.25. The van der Waals surface area contributed by atoms with Crippen molar-refractivity contribution in [1.29, 1.82) is 0 Å². The van der Waals surface area contributed by atoms with Crippen LogP contribution in [0.1, 0.15) is 46.4 Å². The Labute approximate surface area is 165 Å². The van der Waals surface area contributed by atoms with Crippen LogP contribution in [0.2, 0.25) is 0 Å². The highest BCUT2D eigenvalue weighted by atomic mass is 16.2. The summed E-state index contributed by atoms with van der Waals surface area (Å²) in [6, 6.07) is 15.3. The first-order valence-corrected chi connectivity index (χ1v) is 9.54. The van der Waals surface area contributed by atoms with Gasteiger partial charge in [0.05, 0.1) is 5.52 Å². The van der Waals surface area contributed by atoms with Gasteiger partial charge in [0, 0.05) is 33.4 Å². The SMILES string of the molecule is CCCCN(C)C(=O)c1nc(C(=O)N(C)Cc2ccccc2)n2ccccc12. The molecule has 0 radical (unpaired) electrons. The number of unbranched alkanes of at least 4 members (excludes halogenated alkanes) is 1. The second-order valence-electron chi connectivity index (χ2n) is 6.97. The van der Waals surface area contributed by atoms with Crippen molar-refractivity contribution in [1.82, 2.24) is 19.2 Å². The number of nitrogens with zero attached hydrogens (tertiary/aromatic N) is 4. The molecule has 6 nitrogen and oxygen atoms in total. The summed E-state index contributed by atoms with van der Waals surface area (Å²) in [6.07, 6.45) is 3.71.